The van der Waals surface area contributed by atoms with Gasteiger partial charge < -0.3 is 9.46 Å². The molecule has 1 fully saturated rings. The van der Waals surface area contributed by atoms with Gasteiger partial charge in [0.2, 0.25) is 0 Å². The molecule has 1 aromatic heterocycles. The predicted octanol–water partition coefficient (Wildman–Crippen LogP) is 2.88. The van der Waals surface area contributed by atoms with Crippen molar-refractivity contribution in [3.05, 3.63) is 30.5 Å². The third-order valence-electron chi connectivity index (χ3n) is 3.39. The lowest BCUT2D eigenvalue weighted by atomic mass is 10.2. The molecule has 110 valence electrons. The van der Waals surface area contributed by atoms with Crippen molar-refractivity contribution in [1.82, 2.24) is 9.29 Å². The van der Waals surface area contributed by atoms with Crippen LogP contribution in [-0.4, -0.2) is 35.3 Å². The number of nitrogens with zero attached hydrogens (tertiary/aromatic N) is 2. The largest absolute Gasteiger partial charge is 0.485 e. The molecular weight excluding hydrogens is 286 g/mol. The molecule has 0 bridgehead atoms. The molecule has 0 saturated carbocycles. The lowest BCUT2D eigenvalue weighted by Crippen LogP contribution is -2.12. The number of benzene rings is 1. The Morgan fingerprint density at radius 3 is 3.00 bits per heavy atom. The van der Waals surface area contributed by atoms with Gasteiger partial charge in [0, 0.05) is 36.8 Å². The Bertz CT molecular complexity index is 629. The number of carbonyl (C=O) groups excluding carboxylic acids is 1. The van der Waals surface area contributed by atoms with Crippen molar-refractivity contribution >= 4 is 35.0 Å². The van der Waals surface area contributed by atoms with E-state index >= 15 is 0 Å². The van der Waals surface area contributed by atoms with Crippen LogP contribution >= 0.6 is 12.1 Å². The highest BCUT2D eigenvalue weighted by Gasteiger charge is 2.13. The van der Waals surface area contributed by atoms with Gasteiger partial charge in [0.25, 0.3) is 0 Å². The molecule has 0 spiro atoms. The van der Waals surface area contributed by atoms with E-state index in [-0.39, 0.29) is 6.61 Å². The van der Waals surface area contributed by atoms with Crippen LogP contribution < -0.4 is 9.46 Å². The number of pyridine rings is 1. The minimum absolute atomic E-state index is 0.0549. The average molecular weight is 303 g/mol. The van der Waals surface area contributed by atoms with E-state index in [0.29, 0.717) is 5.75 Å². The van der Waals surface area contributed by atoms with Gasteiger partial charge in [-0.2, -0.15) is 0 Å². The minimum Gasteiger partial charge on any atom is -0.485 e. The molecule has 0 amide bonds. The lowest BCUT2D eigenvalue weighted by Gasteiger charge is -2.16. The van der Waals surface area contributed by atoms with Crippen LogP contribution in [0.1, 0.15) is 12.8 Å². The summed E-state index contributed by atoms with van der Waals surface area (Å²) in [6.45, 7) is 2.28. The zero-order chi connectivity index (χ0) is 14.5. The molecule has 3 rings (SSSR count). The van der Waals surface area contributed by atoms with Crippen LogP contribution in [0.4, 0.5) is 5.69 Å². The molecule has 5 nitrogen and oxygen atoms in total. The number of hydrogen-bond donors (Lipinski definition) is 1. The number of carbonyl (C=O) groups is 1. The van der Waals surface area contributed by atoms with Gasteiger partial charge in [0.15, 0.2) is 6.29 Å². The molecule has 1 aliphatic heterocycles. The number of fused-ring (bicyclic) bond motifs is 1. The average Bonchev–Trinajstić information content (AvgIpc) is 3.04. The molecule has 0 unspecified atom stereocenters. The van der Waals surface area contributed by atoms with Gasteiger partial charge in [0.1, 0.15) is 12.4 Å². The molecule has 0 atom stereocenters. The van der Waals surface area contributed by atoms with E-state index in [4.69, 9.17) is 4.74 Å². The fraction of sp³-hybridized carbons (Fsp3) is 0.333. The number of ether oxygens (including phenoxy) is 1. The number of aldehydes is 1. The summed E-state index contributed by atoms with van der Waals surface area (Å²) in [5, 5.41) is 0.909. The van der Waals surface area contributed by atoms with Crippen molar-refractivity contribution in [1.29, 1.82) is 0 Å². The highest BCUT2D eigenvalue weighted by Crippen LogP contribution is 2.32. The van der Waals surface area contributed by atoms with Crippen molar-refractivity contribution in [2.45, 2.75) is 12.8 Å². The zero-order valence-electron chi connectivity index (χ0n) is 11.6. The summed E-state index contributed by atoms with van der Waals surface area (Å²) in [6.07, 6.45) is 5.02. The first kappa shape index (κ1) is 14.2. The van der Waals surface area contributed by atoms with E-state index in [0.717, 1.165) is 36.0 Å². The Kier molecular flexibility index (Phi) is 4.57. The highest BCUT2D eigenvalue weighted by atomic mass is 32.2. The van der Waals surface area contributed by atoms with Crippen molar-refractivity contribution < 1.29 is 9.53 Å². The predicted molar refractivity (Wildman–Crippen MR) is 85.3 cm³/mol. The standard InChI is InChI=1S/C15H17N3O2S/c19-10-11-20-14-6-5-13(15-12(14)4-3-7-16-15)17-21-18-8-1-2-9-18/h3-7,10,17H,1-2,8-9,11H2. The number of rotatable bonds is 6. The van der Waals surface area contributed by atoms with E-state index in [2.05, 4.69) is 14.0 Å². The smallest absolute Gasteiger partial charge is 0.157 e. The van der Waals surface area contributed by atoms with Crippen LogP contribution in [0.25, 0.3) is 10.9 Å². The van der Waals surface area contributed by atoms with E-state index in [1.807, 2.05) is 24.3 Å². The van der Waals surface area contributed by atoms with Crippen molar-refractivity contribution in [2.75, 3.05) is 24.4 Å². The summed E-state index contributed by atoms with van der Waals surface area (Å²) >= 11 is 1.62. The first-order valence-electron chi connectivity index (χ1n) is 7.00. The number of aromatic nitrogens is 1. The molecule has 2 heterocycles. The third kappa shape index (κ3) is 3.28. The van der Waals surface area contributed by atoms with E-state index in [1.54, 1.807) is 18.3 Å². The van der Waals surface area contributed by atoms with Crippen LogP contribution in [0.3, 0.4) is 0 Å². The van der Waals surface area contributed by atoms with Crippen LogP contribution in [0.2, 0.25) is 0 Å². The maximum atomic E-state index is 10.5. The second-order valence-electron chi connectivity index (χ2n) is 4.82. The van der Waals surface area contributed by atoms with Gasteiger partial charge in [-0.05, 0) is 37.1 Å². The van der Waals surface area contributed by atoms with Gasteiger partial charge in [-0.1, -0.05) is 0 Å². The molecule has 0 radical (unpaired) electrons. The van der Waals surface area contributed by atoms with Crippen LogP contribution in [0, 0.1) is 0 Å². The van der Waals surface area contributed by atoms with Crippen LogP contribution in [-0.2, 0) is 4.79 Å². The van der Waals surface area contributed by atoms with Gasteiger partial charge in [-0.3, -0.25) is 9.78 Å². The molecule has 1 N–H and O–H groups in total. The molecule has 2 aromatic rings. The Morgan fingerprint density at radius 2 is 2.19 bits per heavy atom. The fourth-order valence-electron chi connectivity index (χ4n) is 2.37. The summed E-state index contributed by atoms with van der Waals surface area (Å²) in [7, 11) is 0. The summed E-state index contributed by atoms with van der Waals surface area (Å²) in [4.78, 5) is 14.9. The topological polar surface area (TPSA) is 54.5 Å². The number of hydrogen-bond acceptors (Lipinski definition) is 6. The summed E-state index contributed by atoms with van der Waals surface area (Å²) in [5.41, 5.74) is 1.81. The second kappa shape index (κ2) is 6.78. The van der Waals surface area contributed by atoms with E-state index < -0.39 is 0 Å². The Morgan fingerprint density at radius 1 is 1.33 bits per heavy atom. The van der Waals surface area contributed by atoms with Crippen LogP contribution in [0.15, 0.2) is 30.5 Å². The molecule has 6 heteroatoms. The van der Waals surface area contributed by atoms with Gasteiger partial charge in [0.05, 0.1) is 11.2 Å². The molecule has 0 aliphatic carbocycles. The quantitative estimate of drug-likeness (QED) is 0.654. The highest BCUT2D eigenvalue weighted by molar-refractivity contribution is 7.98. The minimum atomic E-state index is 0.0549. The molecular formula is C15H17N3O2S. The Labute approximate surface area is 127 Å². The van der Waals surface area contributed by atoms with Gasteiger partial charge >= 0.3 is 0 Å². The normalized spacial score (nSPS) is 15.2. The second-order valence-corrected chi connectivity index (χ2v) is 5.72. The SMILES string of the molecule is O=CCOc1ccc(NSN2CCCC2)c2ncccc12. The monoisotopic (exact) mass is 303 g/mol. The van der Waals surface area contributed by atoms with Crippen molar-refractivity contribution in [3.63, 3.8) is 0 Å². The third-order valence-corrected chi connectivity index (χ3v) is 4.32. The molecule has 1 saturated heterocycles. The van der Waals surface area contributed by atoms with Crippen molar-refractivity contribution in [3.8, 4) is 5.75 Å². The number of anilines is 1. The molecule has 21 heavy (non-hydrogen) atoms. The van der Waals surface area contributed by atoms with Gasteiger partial charge in [-0.15, -0.1) is 0 Å². The molecule has 1 aliphatic rings. The Balaban J connectivity index is 1.83. The summed E-state index contributed by atoms with van der Waals surface area (Å²) in [5.74, 6) is 0.682. The van der Waals surface area contributed by atoms with E-state index in [1.165, 1.54) is 12.8 Å². The maximum absolute atomic E-state index is 10.5. The summed E-state index contributed by atoms with van der Waals surface area (Å²) in [6, 6.07) is 7.64. The lowest BCUT2D eigenvalue weighted by molar-refractivity contribution is -0.109. The molecule has 1 aromatic carbocycles. The van der Waals surface area contributed by atoms with E-state index in [9.17, 15) is 4.79 Å². The number of nitrogens with one attached hydrogen (secondary N) is 1. The fourth-order valence-corrected chi connectivity index (χ4v) is 3.20. The Hall–Kier alpha value is -1.79. The maximum Gasteiger partial charge on any atom is 0.157 e. The van der Waals surface area contributed by atoms with Crippen LogP contribution in [0.5, 0.6) is 5.75 Å². The first-order valence-corrected chi connectivity index (χ1v) is 7.78. The van der Waals surface area contributed by atoms with Gasteiger partial charge in [-0.25, -0.2) is 4.31 Å². The zero-order valence-corrected chi connectivity index (χ0v) is 12.4. The van der Waals surface area contributed by atoms with Crippen molar-refractivity contribution in [2.24, 2.45) is 0 Å². The first-order chi connectivity index (χ1) is 10.4. The summed E-state index contributed by atoms with van der Waals surface area (Å²) < 4.78 is 11.1.